The topological polar surface area (TPSA) is 55.8 Å². The molecule has 0 aromatic heterocycles. The van der Waals surface area contributed by atoms with E-state index in [2.05, 4.69) is 0 Å². The molecule has 132 valence electrons. The fourth-order valence-electron chi connectivity index (χ4n) is 3.17. The van der Waals surface area contributed by atoms with Crippen molar-refractivity contribution >= 4 is 21.6 Å². The van der Waals surface area contributed by atoms with Crippen molar-refractivity contribution in [3.05, 3.63) is 52.8 Å². The van der Waals surface area contributed by atoms with E-state index in [9.17, 15) is 12.8 Å². The number of benzene rings is 2. The molecule has 4 rings (SSSR count). The van der Waals surface area contributed by atoms with Crippen LogP contribution in [0.1, 0.15) is 17.9 Å². The van der Waals surface area contributed by atoms with Gasteiger partial charge in [0.15, 0.2) is 11.5 Å². The van der Waals surface area contributed by atoms with Crippen LogP contribution in [-0.2, 0) is 10.0 Å². The predicted molar refractivity (Wildman–Crippen MR) is 90.1 cm³/mol. The molecule has 0 N–H and O–H groups in total. The average molecular weight is 384 g/mol. The highest BCUT2D eigenvalue weighted by molar-refractivity contribution is 7.89. The van der Waals surface area contributed by atoms with Gasteiger partial charge in [-0.3, -0.25) is 0 Å². The minimum Gasteiger partial charge on any atom is -0.454 e. The minimum atomic E-state index is -3.70. The summed E-state index contributed by atoms with van der Waals surface area (Å²) in [5.74, 6) is 0.816. The fourth-order valence-corrected chi connectivity index (χ4v) is 4.94. The lowest BCUT2D eigenvalue weighted by Gasteiger charge is -2.17. The monoisotopic (exact) mass is 383 g/mol. The molecule has 0 aliphatic carbocycles. The number of fused-ring (bicyclic) bond motifs is 1. The third-order valence-electron chi connectivity index (χ3n) is 4.55. The van der Waals surface area contributed by atoms with Crippen LogP contribution in [0, 0.1) is 5.82 Å². The third kappa shape index (κ3) is 2.96. The van der Waals surface area contributed by atoms with E-state index >= 15 is 0 Å². The van der Waals surface area contributed by atoms with Crippen LogP contribution in [0.25, 0.3) is 0 Å². The summed E-state index contributed by atoms with van der Waals surface area (Å²) in [7, 11) is -3.70. The summed E-state index contributed by atoms with van der Waals surface area (Å²) in [4.78, 5) is 0.00485. The van der Waals surface area contributed by atoms with Gasteiger partial charge in [-0.25, -0.2) is 12.8 Å². The molecule has 0 saturated carbocycles. The molecule has 0 bridgehead atoms. The van der Waals surface area contributed by atoms with Gasteiger partial charge in [0, 0.05) is 13.1 Å². The fraction of sp³-hybridized carbons (Fsp3) is 0.294. The number of halogens is 2. The Morgan fingerprint density at radius 1 is 1.12 bits per heavy atom. The third-order valence-corrected chi connectivity index (χ3v) is 6.70. The van der Waals surface area contributed by atoms with Crippen molar-refractivity contribution in [3.63, 3.8) is 0 Å². The van der Waals surface area contributed by atoms with Crippen LogP contribution in [0.15, 0.2) is 41.3 Å². The first-order valence-corrected chi connectivity index (χ1v) is 9.62. The molecule has 0 amide bonds. The first-order valence-electron chi connectivity index (χ1n) is 7.80. The maximum absolute atomic E-state index is 13.3. The van der Waals surface area contributed by atoms with Gasteiger partial charge in [0.25, 0.3) is 0 Å². The number of sulfonamides is 1. The Kier molecular flexibility index (Phi) is 4.10. The first kappa shape index (κ1) is 16.6. The molecular weight excluding hydrogens is 369 g/mol. The van der Waals surface area contributed by atoms with E-state index in [0.717, 1.165) is 17.7 Å². The van der Waals surface area contributed by atoms with Crippen LogP contribution >= 0.6 is 11.6 Å². The van der Waals surface area contributed by atoms with Gasteiger partial charge in [-0.05, 0) is 48.2 Å². The quantitative estimate of drug-likeness (QED) is 0.815. The van der Waals surface area contributed by atoms with Crippen LogP contribution in [-0.4, -0.2) is 32.6 Å². The molecule has 1 fully saturated rings. The van der Waals surface area contributed by atoms with Gasteiger partial charge in [0.2, 0.25) is 16.8 Å². The van der Waals surface area contributed by atoms with Crippen LogP contribution in [0.2, 0.25) is 5.02 Å². The Labute approximate surface area is 150 Å². The highest BCUT2D eigenvalue weighted by atomic mass is 35.5. The van der Waals surface area contributed by atoms with E-state index in [4.69, 9.17) is 21.1 Å². The summed E-state index contributed by atoms with van der Waals surface area (Å²) in [5, 5.41) is -0.201. The predicted octanol–water partition coefficient (Wildman–Crippen LogP) is 3.39. The van der Waals surface area contributed by atoms with Gasteiger partial charge >= 0.3 is 0 Å². The molecule has 1 unspecified atom stereocenters. The summed E-state index contributed by atoms with van der Waals surface area (Å²) in [6.07, 6.45) is 0.702. The molecule has 5 nitrogen and oxygen atoms in total. The molecule has 2 aliphatic rings. The number of nitrogens with zero attached hydrogens (tertiary/aromatic N) is 1. The van der Waals surface area contributed by atoms with Gasteiger partial charge in [-0.2, -0.15) is 4.31 Å². The normalized spacial score (nSPS) is 20.2. The van der Waals surface area contributed by atoms with E-state index in [1.165, 1.54) is 10.4 Å². The largest absolute Gasteiger partial charge is 0.454 e. The Hall–Kier alpha value is -1.83. The second-order valence-electron chi connectivity index (χ2n) is 6.04. The number of ether oxygens (including phenoxy) is 2. The number of hydrogen-bond acceptors (Lipinski definition) is 4. The van der Waals surface area contributed by atoms with Gasteiger partial charge in [-0.1, -0.05) is 17.7 Å². The van der Waals surface area contributed by atoms with E-state index in [0.29, 0.717) is 31.0 Å². The molecule has 25 heavy (non-hydrogen) atoms. The van der Waals surface area contributed by atoms with Crippen LogP contribution < -0.4 is 9.47 Å². The molecule has 2 aromatic carbocycles. The molecule has 1 atom stereocenters. The minimum absolute atomic E-state index is 0.00485. The van der Waals surface area contributed by atoms with Gasteiger partial charge < -0.3 is 9.47 Å². The molecule has 0 radical (unpaired) electrons. The van der Waals surface area contributed by atoms with Crippen LogP contribution in [0.3, 0.4) is 0 Å². The van der Waals surface area contributed by atoms with Crippen LogP contribution in [0.5, 0.6) is 11.5 Å². The smallest absolute Gasteiger partial charge is 0.243 e. The Bertz CT molecular complexity index is 934. The maximum Gasteiger partial charge on any atom is 0.243 e. The summed E-state index contributed by atoms with van der Waals surface area (Å²) in [6.45, 7) is 0.961. The van der Waals surface area contributed by atoms with E-state index in [-0.39, 0.29) is 22.6 Å². The highest BCUT2D eigenvalue weighted by Gasteiger charge is 2.34. The molecule has 8 heteroatoms. The SMILES string of the molecule is O=S(=O)(c1ccc(F)c(Cl)c1)N1CCC(c2ccc3c(c2)OCO3)C1. The molecule has 2 heterocycles. The summed E-state index contributed by atoms with van der Waals surface area (Å²) in [6, 6.07) is 9.14. The Balaban J connectivity index is 1.56. The summed E-state index contributed by atoms with van der Waals surface area (Å²) >= 11 is 5.72. The first-order chi connectivity index (χ1) is 11.9. The van der Waals surface area contributed by atoms with Crippen molar-refractivity contribution in [2.24, 2.45) is 0 Å². The Morgan fingerprint density at radius 3 is 2.72 bits per heavy atom. The van der Waals surface area contributed by atoms with Crippen molar-refractivity contribution in [1.82, 2.24) is 4.31 Å². The van der Waals surface area contributed by atoms with Gasteiger partial charge in [0.1, 0.15) is 5.82 Å². The highest BCUT2D eigenvalue weighted by Crippen LogP contribution is 2.38. The standard InChI is InChI=1S/C17H15ClFNO4S/c18-14-8-13(2-3-15(14)19)25(21,22)20-6-5-12(9-20)11-1-4-16-17(7-11)24-10-23-16/h1-4,7-8,12H,5-6,9-10H2. The zero-order chi connectivity index (χ0) is 17.6. The second kappa shape index (κ2) is 6.16. The molecular formula is C17H15ClFNO4S. The van der Waals surface area contributed by atoms with Crippen molar-refractivity contribution in [2.75, 3.05) is 19.9 Å². The van der Waals surface area contributed by atoms with E-state index in [1.54, 1.807) is 0 Å². The van der Waals surface area contributed by atoms with Crippen molar-refractivity contribution in [1.29, 1.82) is 0 Å². The lowest BCUT2D eigenvalue weighted by atomic mass is 9.98. The van der Waals surface area contributed by atoms with Crippen molar-refractivity contribution < 1.29 is 22.3 Å². The maximum atomic E-state index is 13.3. The molecule has 2 aliphatic heterocycles. The van der Waals surface area contributed by atoms with Crippen molar-refractivity contribution in [3.8, 4) is 11.5 Å². The Morgan fingerprint density at radius 2 is 1.92 bits per heavy atom. The van der Waals surface area contributed by atoms with E-state index < -0.39 is 15.8 Å². The lowest BCUT2D eigenvalue weighted by molar-refractivity contribution is 0.174. The van der Waals surface area contributed by atoms with Gasteiger partial charge in [0.05, 0.1) is 9.92 Å². The summed E-state index contributed by atoms with van der Waals surface area (Å²) in [5.41, 5.74) is 1.01. The molecule has 0 spiro atoms. The van der Waals surface area contributed by atoms with Gasteiger partial charge in [-0.15, -0.1) is 0 Å². The zero-order valence-electron chi connectivity index (χ0n) is 13.1. The zero-order valence-corrected chi connectivity index (χ0v) is 14.7. The number of rotatable bonds is 3. The van der Waals surface area contributed by atoms with E-state index in [1.807, 2.05) is 18.2 Å². The molecule has 1 saturated heterocycles. The van der Waals surface area contributed by atoms with Crippen molar-refractivity contribution in [2.45, 2.75) is 17.2 Å². The lowest BCUT2D eigenvalue weighted by Crippen LogP contribution is -2.28. The summed E-state index contributed by atoms with van der Waals surface area (Å²) < 4.78 is 50.9. The number of hydrogen-bond donors (Lipinski definition) is 0. The molecule has 2 aromatic rings. The van der Waals surface area contributed by atoms with Crippen LogP contribution in [0.4, 0.5) is 4.39 Å². The second-order valence-corrected chi connectivity index (χ2v) is 8.38. The average Bonchev–Trinajstić information content (AvgIpc) is 3.25.